The van der Waals surface area contributed by atoms with Gasteiger partial charge in [0.1, 0.15) is 6.61 Å². The number of ether oxygens (including phenoxy) is 1. The molecule has 108 valence electrons. The van der Waals surface area contributed by atoms with Crippen molar-refractivity contribution >= 4 is 17.6 Å². The molecule has 1 atom stereocenters. The lowest BCUT2D eigenvalue weighted by atomic mass is 9.94. The molecule has 5 nitrogen and oxygen atoms in total. The summed E-state index contributed by atoms with van der Waals surface area (Å²) in [6.07, 6.45) is 0.293. The number of hydrogen-bond acceptors (Lipinski definition) is 4. The highest BCUT2D eigenvalue weighted by molar-refractivity contribution is 6.03. The lowest BCUT2D eigenvalue weighted by Crippen LogP contribution is -2.35. The van der Waals surface area contributed by atoms with E-state index in [0.29, 0.717) is 6.42 Å². The first-order valence-electron chi connectivity index (χ1n) is 6.79. The Morgan fingerprint density at radius 1 is 1.32 bits per heavy atom. The zero-order chi connectivity index (χ0) is 14.6. The molecular weight excluding hydrogens is 246 g/mol. The number of carbonyl (C=O) groups excluding carboxylic acids is 3. The lowest BCUT2D eigenvalue weighted by Gasteiger charge is -2.16. The summed E-state index contributed by atoms with van der Waals surface area (Å²) >= 11 is 0. The monoisotopic (exact) mass is 269 g/mol. The maximum atomic E-state index is 12.0. The first-order valence-corrected chi connectivity index (χ1v) is 6.79. The van der Waals surface area contributed by atoms with E-state index in [-0.39, 0.29) is 55.1 Å². The number of ketones is 1. The third-order valence-electron chi connectivity index (χ3n) is 3.43. The van der Waals surface area contributed by atoms with Crippen molar-refractivity contribution in [2.45, 2.75) is 34.1 Å². The summed E-state index contributed by atoms with van der Waals surface area (Å²) in [5.74, 6) is -0.310. The third kappa shape index (κ3) is 4.13. The Morgan fingerprint density at radius 3 is 2.42 bits per heavy atom. The van der Waals surface area contributed by atoms with Gasteiger partial charge in [-0.15, -0.1) is 0 Å². The average Bonchev–Trinajstić information content (AvgIpc) is 2.61. The summed E-state index contributed by atoms with van der Waals surface area (Å²) in [6.45, 7) is 8.02. The molecule has 1 aliphatic heterocycles. The second kappa shape index (κ2) is 6.80. The minimum absolute atomic E-state index is 0.0270. The van der Waals surface area contributed by atoms with Crippen molar-refractivity contribution in [2.24, 2.45) is 17.8 Å². The number of imide groups is 1. The first kappa shape index (κ1) is 15.8. The molecule has 0 saturated carbocycles. The van der Waals surface area contributed by atoms with Crippen LogP contribution >= 0.6 is 0 Å². The Labute approximate surface area is 114 Å². The van der Waals surface area contributed by atoms with E-state index < -0.39 is 0 Å². The van der Waals surface area contributed by atoms with Gasteiger partial charge >= 0.3 is 0 Å². The van der Waals surface area contributed by atoms with Crippen molar-refractivity contribution in [1.29, 1.82) is 0 Å². The van der Waals surface area contributed by atoms with Crippen molar-refractivity contribution in [3.8, 4) is 0 Å². The number of rotatable bonds is 7. The summed E-state index contributed by atoms with van der Waals surface area (Å²) in [5, 5.41) is 0. The normalized spacial score (nSPS) is 19.9. The van der Waals surface area contributed by atoms with Crippen LogP contribution in [0.15, 0.2) is 0 Å². The molecule has 5 heteroatoms. The fraction of sp³-hybridized carbons (Fsp3) is 0.786. The van der Waals surface area contributed by atoms with Crippen LogP contribution in [-0.2, 0) is 19.1 Å². The highest BCUT2D eigenvalue weighted by Gasteiger charge is 2.39. The second-order valence-electron chi connectivity index (χ2n) is 5.61. The summed E-state index contributed by atoms with van der Waals surface area (Å²) in [5.41, 5.74) is 0. The van der Waals surface area contributed by atoms with Crippen LogP contribution in [0.25, 0.3) is 0 Å². The maximum absolute atomic E-state index is 12.0. The van der Waals surface area contributed by atoms with Gasteiger partial charge in [0, 0.05) is 18.3 Å². The average molecular weight is 269 g/mol. The molecule has 0 spiro atoms. The van der Waals surface area contributed by atoms with Gasteiger partial charge in [0.25, 0.3) is 0 Å². The van der Waals surface area contributed by atoms with Gasteiger partial charge in [-0.25, -0.2) is 0 Å². The molecule has 0 N–H and O–H groups in total. The Balaban J connectivity index is 2.36. The molecule has 0 aromatic rings. The van der Waals surface area contributed by atoms with Crippen LogP contribution in [0.5, 0.6) is 0 Å². The van der Waals surface area contributed by atoms with E-state index in [1.165, 1.54) is 4.90 Å². The molecule has 0 radical (unpaired) electrons. The quantitative estimate of drug-likeness (QED) is 0.515. The number of amides is 2. The Kier molecular flexibility index (Phi) is 5.66. The topological polar surface area (TPSA) is 63.7 Å². The minimum atomic E-state index is -0.204. The fourth-order valence-electron chi connectivity index (χ4n) is 1.96. The van der Waals surface area contributed by atoms with E-state index in [1.54, 1.807) is 0 Å². The minimum Gasteiger partial charge on any atom is -0.372 e. The lowest BCUT2D eigenvalue weighted by molar-refractivity contribution is -0.140. The van der Waals surface area contributed by atoms with E-state index in [0.717, 1.165) is 0 Å². The molecule has 1 rings (SSSR count). The molecule has 1 unspecified atom stereocenters. The maximum Gasteiger partial charge on any atom is 0.233 e. The van der Waals surface area contributed by atoms with Gasteiger partial charge in [-0.05, 0) is 5.92 Å². The van der Waals surface area contributed by atoms with E-state index in [4.69, 9.17) is 4.74 Å². The Morgan fingerprint density at radius 2 is 1.95 bits per heavy atom. The molecule has 2 amide bonds. The van der Waals surface area contributed by atoms with Crippen molar-refractivity contribution in [2.75, 3.05) is 19.8 Å². The van der Waals surface area contributed by atoms with Crippen LogP contribution in [0.2, 0.25) is 0 Å². The van der Waals surface area contributed by atoms with Crippen molar-refractivity contribution in [3.05, 3.63) is 0 Å². The van der Waals surface area contributed by atoms with Crippen LogP contribution in [0.1, 0.15) is 34.1 Å². The highest BCUT2D eigenvalue weighted by atomic mass is 16.5. The molecule has 1 heterocycles. The van der Waals surface area contributed by atoms with E-state index in [9.17, 15) is 14.4 Å². The summed E-state index contributed by atoms with van der Waals surface area (Å²) in [7, 11) is 0. The SMILES string of the molecule is CC(C)C(=O)COCCN1C(=O)CC(C(C)C)C1=O. The zero-order valence-corrected chi connectivity index (χ0v) is 12.1. The molecule has 0 aromatic carbocycles. The van der Waals surface area contributed by atoms with Crippen LogP contribution in [0.3, 0.4) is 0 Å². The van der Waals surface area contributed by atoms with Crippen LogP contribution in [0.4, 0.5) is 0 Å². The number of nitrogens with zero attached hydrogens (tertiary/aromatic N) is 1. The van der Waals surface area contributed by atoms with Crippen molar-refractivity contribution < 1.29 is 19.1 Å². The summed E-state index contributed by atoms with van der Waals surface area (Å²) in [4.78, 5) is 36.3. The number of Topliss-reactive ketones (excluding diaryl/α,β-unsaturated/α-hetero) is 1. The van der Waals surface area contributed by atoms with E-state index in [1.807, 2.05) is 27.7 Å². The van der Waals surface area contributed by atoms with Gasteiger partial charge < -0.3 is 4.74 Å². The molecule has 0 aromatic heterocycles. The molecule has 19 heavy (non-hydrogen) atoms. The van der Waals surface area contributed by atoms with Crippen molar-refractivity contribution in [1.82, 2.24) is 4.90 Å². The highest BCUT2D eigenvalue weighted by Crippen LogP contribution is 2.25. The van der Waals surface area contributed by atoms with Gasteiger partial charge in [-0.1, -0.05) is 27.7 Å². The predicted molar refractivity (Wildman–Crippen MR) is 70.3 cm³/mol. The molecule has 1 saturated heterocycles. The third-order valence-corrected chi connectivity index (χ3v) is 3.43. The van der Waals surface area contributed by atoms with Crippen LogP contribution < -0.4 is 0 Å². The zero-order valence-electron chi connectivity index (χ0n) is 12.1. The first-order chi connectivity index (χ1) is 8.84. The molecule has 1 aliphatic rings. The van der Waals surface area contributed by atoms with Crippen LogP contribution in [0, 0.1) is 17.8 Å². The molecular formula is C14H23NO4. The van der Waals surface area contributed by atoms with E-state index >= 15 is 0 Å². The van der Waals surface area contributed by atoms with Gasteiger partial charge in [0.2, 0.25) is 11.8 Å². The van der Waals surface area contributed by atoms with Crippen molar-refractivity contribution in [3.63, 3.8) is 0 Å². The predicted octanol–water partition coefficient (Wildman–Crippen LogP) is 1.26. The van der Waals surface area contributed by atoms with E-state index in [2.05, 4.69) is 0 Å². The largest absolute Gasteiger partial charge is 0.372 e. The molecule has 0 bridgehead atoms. The Bertz CT molecular complexity index is 362. The summed E-state index contributed by atoms with van der Waals surface area (Å²) in [6, 6.07) is 0. The van der Waals surface area contributed by atoms with Gasteiger partial charge in [0.15, 0.2) is 5.78 Å². The number of likely N-dealkylation sites (tertiary alicyclic amines) is 1. The van der Waals surface area contributed by atoms with Gasteiger partial charge in [0.05, 0.1) is 13.2 Å². The van der Waals surface area contributed by atoms with Gasteiger partial charge in [-0.2, -0.15) is 0 Å². The summed E-state index contributed by atoms with van der Waals surface area (Å²) < 4.78 is 5.22. The van der Waals surface area contributed by atoms with Crippen LogP contribution in [-0.4, -0.2) is 42.3 Å². The Hall–Kier alpha value is -1.23. The smallest absolute Gasteiger partial charge is 0.233 e. The standard InChI is InChI=1S/C14H23NO4/c1-9(2)11-7-13(17)15(14(11)18)5-6-19-8-12(16)10(3)4/h9-11H,5-8H2,1-4H3. The number of carbonyl (C=O) groups is 3. The second-order valence-corrected chi connectivity index (χ2v) is 5.61. The fourth-order valence-corrected chi connectivity index (χ4v) is 1.96. The molecule has 0 aliphatic carbocycles. The number of hydrogen-bond donors (Lipinski definition) is 0. The molecule has 1 fully saturated rings. The van der Waals surface area contributed by atoms with Gasteiger partial charge in [-0.3, -0.25) is 19.3 Å².